The quantitative estimate of drug-likeness (QED) is 0.306. The van der Waals surface area contributed by atoms with Gasteiger partial charge >= 0.3 is 6.18 Å². The van der Waals surface area contributed by atoms with Crippen LogP contribution in [0.15, 0.2) is 89.7 Å². The Morgan fingerprint density at radius 2 is 1.95 bits per heavy atom. The van der Waals surface area contributed by atoms with E-state index in [0.717, 1.165) is 39.1 Å². The van der Waals surface area contributed by atoms with Crippen molar-refractivity contribution in [1.82, 2.24) is 4.98 Å². The van der Waals surface area contributed by atoms with E-state index in [2.05, 4.69) is 18.5 Å². The van der Waals surface area contributed by atoms with Gasteiger partial charge in [-0.25, -0.2) is 14.4 Å². The maximum atomic E-state index is 13.6. The molecule has 0 radical (unpaired) electrons. The van der Waals surface area contributed by atoms with Gasteiger partial charge in [0.1, 0.15) is 10.8 Å². The Kier molecular flexibility index (Phi) is 8.02. The molecule has 1 unspecified atom stereocenters. The van der Waals surface area contributed by atoms with Gasteiger partial charge in [-0.3, -0.25) is 0 Å². The Morgan fingerprint density at radius 1 is 1.21 bits per heavy atom. The molecular formula is C30H29F4N3S. The Balaban J connectivity index is 1.90. The first-order chi connectivity index (χ1) is 18.1. The smallest absolute Gasteiger partial charge is 0.404 e. The molecule has 198 valence electrons. The Hall–Kier alpha value is -3.52. The lowest BCUT2D eigenvalue weighted by atomic mass is 9.62. The molecule has 0 saturated carbocycles. The molecule has 0 amide bonds. The highest BCUT2D eigenvalue weighted by molar-refractivity contribution is 7.12. The third kappa shape index (κ3) is 5.80. The summed E-state index contributed by atoms with van der Waals surface area (Å²) in [5.41, 5.74) is 8.91. The van der Waals surface area contributed by atoms with Gasteiger partial charge in [-0.15, -0.1) is 11.3 Å². The van der Waals surface area contributed by atoms with Crippen LogP contribution in [0.1, 0.15) is 47.2 Å². The summed E-state index contributed by atoms with van der Waals surface area (Å²) in [7, 11) is 0. The predicted octanol–water partition coefficient (Wildman–Crippen LogP) is 8.60. The minimum absolute atomic E-state index is 0.293. The highest BCUT2D eigenvalue weighted by Gasteiger charge is 2.43. The molecule has 3 aromatic rings. The predicted molar refractivity (Wildman–Crippen MR) is 147 cm³/mol. The van der Waals surface area contributed by atoms with E-state index < -0.39 is 17.2 Å². The molecule has 4 rings (SSSR count). The number of aliphatic imine (C=N–C) groups is 1. The van der Waals surface area contributed by atoms with Crippen LogP contribution in [0.25, 0.3) is 5.57 Å². The lowest BCUT2D eigenvalue weighted by molar-refractivity contribution is -0.137. The van der Waals surface area contributed by atoms with E-state index >= 15 is 0 Å². The van der Waals surface area contributed by atoms with Gasteiger partial charge in [0.05, 0.1) is 17.0 Å². The molecule has 1 aliphatic rings. The number of aryl methyl sites for hydroxylation is 1. The van der Waals surface area contributed by atoms with Crippen LogP contribution in [0, 0.1) is 18.2 Å². The fourth-order valence-electron chi connectivity index (χ4n) is 4.90. The molecule has 1 aromatic heterocycles. The van der Waals surface area contributed by atoms with Gasteiger partial charge in [-0.05, 0) is 85.5 Å². The van der Waals surface area contributed by atoms with E-state index in [-0.39, 0.29) is 5.82 Å². The number of nitrogens with zero attached hydrogens (tertiary/aromatic N) is 2. The number of allylic oxidation sites excluding steroid dienone is 4. The number of benzene rings is 2. The largest absolute Gasteiger partial charge is 0.416 e. The molecule has 0 bridgehead atoms. The lowest BCUT2D eigenvalue weighted by Gasteiger charge is -2.42. The summed E-state index contributed by atoms with van der Waals surface area (Å²) in [5.74, 6) is -0.357. The average molecular weight is 540 g/mol. The zero-order chi connectivity index (χ0) is 27.5. The second kappa shape index (κ2) is 11.1. The Morgan fingerprint density at radius 3 is 2.55 bits per heavy atom. The number of hydrogen-bond donors (Lipinski definition) is 1. The van der Waals surface area contributed by atoms with Gasteiger partial charge in [-0.2, -0.15) is 13.2 Å². The summed E-state index contributed by atoms with van der Waals surface area (Å²) < 4.78 is 54.1. The molecule has 2 aromatic carbocycles. The molecule has 2 N–H and O–H groups in total. The maximum Gasteiger partial charge on any atom is 0.416 e. The third-order valence-electron chi connectivity index (χ3n) is 6.76. The third-order valence-corrected chi connectivity index (χ3v) is 7.73. The fraction of sp³-hybridized carbons (Fsp3) is 0.267. The molecule has 0 saturated heterocycles. The highest BCUT2D eigenvalue weighted by atomic mass is 32.1. The molecule has 0 spiro atoms. The van der Waals surface area contributed by atoms with Crippen LogP contribution in [-0.4, -0.2) is 10.7 Å². The number of aromatic nitrogens is 1. The van der Waals surface area contributed by atoms with Gasteiger partial charge in [0.25, 0.3) is 0 Å². The van der Waals surface area contributed by atoms with Crippen molar-refractivity contribution in [2.75, 3.05) is 0 Å². The van der Waals surface area contributed by atoms with Crippen molar-refractivity contribution in [2.45, 2.75) is 45.7 Å². The van der Waals surface area contributed by atoms with Gasteiger partial charge in [0.15, 0.2) is 0 Å². The van der Waals surface area contributed by atoms with Crippen LogP contribution in [0.2, 0.25) is 0 Å². The Labute approximate surface area is 224 Å². The van der Waals surface area contributed by atoms with E-state index in [1.807, 2.05) is 13.0 Å². The minimum atomic E-state index is -4.45. The van der Waals surface area contributed by atoms with Gasteiger partial charge < -0.3 is 5.73 Å². The van der Waals surface area contributed by atoms with Crippen LogP contribution < -0.4 is 5.73 Å². The van der Waals surface area contributed by atoms with Gasteiger partial charge in [-0.1, -0.05) is 43.7 Å². The first-order valence-corrected chi connectivity index (χ1v) is 13.1. The number of rotatable bonds is 7. The van der Waals surface area contributed by atoms with Crippen molar-refractivity contribution < 1.29 is 17.6 Å². The molecule has 38 heavy (non-hydrogen) atoms. The summed E-state index contributed by atoms with van der Waals surface area (Å²) in [5, 5.41) is 0.742. The van der Waals surface area contributed by atoms with Crippen LogP contribution in [0.5, 0.6) is 0 Å². The fourth-order valence-corrected chi connectivity index (χ4v) is 5.73. The number of nitrogens with two attached hydrogens (primary N) is 1. The normalized spacial score (nSPS) is 20.1. The van der Waals surface area contributed by atoms with Gasteiger partial charge in [0, 0.05) is 16.5 Å². The second-order valence-electron chi connectivity index (χ2n) is 9.47. The standard InChI is InChI=1S/C30H29F4N3S/c1-4-6-23-14-27(37-26-11-9-25(31)10-12-26)22(17-35)16-29(23,20(3)28-36-18-19(2)38-28)15-21-7-5-8-24(13-21)30(32,33)34/h5,7-14,17-18H,3-4,6,15-16,35H2,1-2H3. The topological polar surface area (TPSA) is 51.3 Å². The Bertz CT molecular complexity index is 1410. The monoisotopic (exact) mass is 539 g/mol. The van der Waals surface area contributed by atoms with Crippen LogP contribution >= 0.6 is 11.3 Å². The van der Waals surface area contributed by atoms with E-state index in [1.165, 1.54) is 41.8 Å². The number of halogens is 4. The summed E-state index contributed by atoms with van der Waals surface area (Å²) in [6, 6.07) is 11.3. The summed E-state index contributed by atoms with van der Waals surface area (Å²) in [4.78, 5) is 10.3. The van der Waals surface area contributed by atoms with Crippen molar-refractivity contribution in [1.29, 1.82) is 0 Å². The molecule has 8 heteroatoms. The van der Waals surface area contributed by atoms with E-state index in [4.69, 9.17) is 10.7 Å². The van der Waals surface area contributed by atoms with Crippen molar-refractivity contribution in [3.8, 4) is 0 Å². The molecule has 0 aliphatic heterocycles. The van der Waals surface area contributed by atoms with Crippen molar-refractivity contribution >= 4 is 28.3 Å². The summed E-state index contributed by atoms with van der Waals surface area (Å²) >= 11 is 1.51. The zero-order valence-corrected chi connectivity index (χ0v) is 22.1. The number of alkyl halides is 3. The van der Waals surface area contributed by atoms with Crippen molar-refractivity contribution in [3.63, 3.8) is 0 Å². The van der Waals surface area contributed by atoms with Crippen LogP contribution in [0.4, 0.5) is 23.2 Å². The highest BCUT2D eigenvalue weighted by Crippen LogP contribution is 2.53. The first kappa shape index (κ1) is 27.5. The van der Waals surface area contributed by atoms with Crippen LogP contribution in [0.3, 0.4) is 0 Å². The van der Waals surface area contributed by atoms with E-state index in [0.29, 0.717) is 36.2 Å². The molecule has 1 aliphatic carbocycles. The molecule has 1 atom stereocenters. The summed E-state index contributed by atoms with van der Waals surface area (Å²) in [6.45, 7) is 8.46. The zero-order valence-electron chi connectivity index (χ0n) is 21.3. The van der Waals surface area contributed by atoms with Crippen LogP contribution in [-0.2, 0) is 12.6 Å². The maximum absolute atomic E-state index is 13.6. The lowest BCUT2D eigenvalue weighted by Crippen LogP contribution is -2.34. The first-order valence-electron chi connectivity index (χ1n) is 12.3. The van der Waals surface area contributed by atoms with Crippen molar-refractivity contribution in [3.05, 3.63) is 112 Å². The number of hydrogen-bond acceptors (Lipinski definition) is 4. The number of thiazole rings is 1. The molecule has 1 heterocycles. The average Bonchev–Trinajstić information content (AvgIpc) is 3.32. The van der Waals surface area contributed by atoms with Crippen molar-refractivity contribution in [2.24, 2.45) is 16.1 Å². The van der Waals surface area contributed by atoms with Gasteiger partial charge in [0.2, 0.25) is 0 Å². The minimum Gasteiger partial charge on any atom is -0.404 e. The molecule has 0 fully saturated rings. The summed E-state index contributed by atoms with van der Waals surface area (Å²) in [6.07, 6.45) is 2.96. The second-order valence-corrected chi connectivity index (χ2v) is 10.7. The SMILES string of the molecule is C=C(c1ncc(C)s1)C1(Cc2cccc(C(F)(F)F)c2)CC(=CN)C(=Nc2ccc(F)cc2)C=C1CCC. The molecule has 3 nitrogen and oxygen atoms in total. The molecular weight excluding hydrogens is 510 g/mol. The van der Waals surface area contributed by atoms with E-state index in [1.54, 1.807) is 24.4 Å². The van der Waals surface area contributed by atoms with E-state index in [9.17, 15) is 17.6 Å².